The molecule has 0 unspecified atom stereocenters. The van der Waals surface area contributed by atoms with Gasteiger partial charge in [0.2, 0.25) is 10.0 Å². The Kier molecular flexibility index (Phi) is 10.6. The summed E-state index contributed by atoms with van der Waals surface area (Å²) in [6.07, 6.45) is 2.11. The van der Waals surface area contributed by atoms with E-state index in [4.69, 9.17) is 55.9 Å². The maximum absolute atomic E-state index is 12.8. The number of halogens is 4. The molecule has 0 N–H and O–H groups in total. The number of ether oxygens (including phenoxy) is 2. The summed E-state index contributed by atoms with van der Waals surface area (Å²) in [4.78, 5) is 2.38. The summed E-state index contributed by atoms with van der Waals surface area (Å²) in [6.45, 7) is 7.67. The molecule has 0 amide bonds. The zero-order valence-corrected chi connectivity index (χ0v) is 27.1. The van der Waals surface area contributed by atoms with Crippen LogP contribution in [0.4, 0.5) is 5.69 Å². The van der Waals surface area contributed by atoms with E-state index in [9.17, 15) is 8.42 Å². The lowest BCUT2D eigenvalue weighted by Crippen LogP contribution is -2.48. The topological polar surface area (TPSA) is 59.1 Å². The molecule has 11 heteroatoms. The van der Waals surface area contributed by atoms with Gasteiger partial charge in [0.25, 0.3) is 0 Å². The minimum absolute atomic E-state index is 0.0882. The second kappa shape index (κ2) is 13.6. The van der Waals surface area contributed by atoms with Crippen LogP contribution in [0.2, 0.25) is 20.1 Å². The molecule has 0 aliphatic carbocycles. The highest BCUT2D eigenvalue weighted by Crippen LogP contribution is 2.41. The average Bonchev–Trinajstić information content (AvgIpc) is 2.91. The number of sulfonamides is 1. The number of hydrogen-bond acceptors (Lipinski definition) is 5. The highest BCUT2D eigenvalue weighted by atomic mass is 35.5. The van der Waals surface area contributed by atoms with Gasteiger partial charge in [-0.25, -0.2) is 8.42 Å². The molecule has 0 bridgehead atoms. The van der Waals surface area contributed by atoms with Crippen molar-refractivity contribution in [2.75, 3.05) is 50.0 Å². The Balaban J connectivity index is 1.42. The summed E-state index contributed by atoms with van der Waals surface area (Å²) in [7, 11) is -3.58. The Bertz CT molecular complexity index is 1430. The number of para-hydroxylation sites is 2. The van der Waals surface area contributed by atoms with Crippen molar-refractivity contribution in [3.8, 4) is 11.5 Å². The summed E-state index contributed by atoms with van der Waals surface area (Å²) in [5.41, 5.74) is 1.56. The monoisotopic (exact) mass is 658 g/mol. The molecular weight excluding hydrogens is 626 g/mol. The van der Waals surface area contributed by atoms with Crippen LogP contribution in [0.1, 0.15) is 25.8 Å². The van der Waals surface area contributed by atoms with Crippen molar-refractivity contribution >= 4 is 62.1 Å². The van der Waals surface area contributed by atoms with Crippen molar-refractivity contribution in [2.45, 2.75) is 25.7 Å². The van der Waals surface area contributed by atoms with Crippen LogP contribution in [0, 0.1) is 5.92 Å². The van der Waals surface area contributed by atoms with E-state index in [1.807, 2.05) is 18.2 Å². The van der Waals surface area contributed by atoms with Crippen LogP contribution < -0.4 is 13.8 Å². The number of nitrogens with zero attached hydrogens (tertiary/aromatic N) is 2. The Hall–Kier alpha value is -1.87. The van der Waals surface area contributed by atoms with Gasteiger partial charge in [0.1, 0.15) is 13.2 Å². The predicted molar refractivity (Wildman–Crippen MR) is 170 cm³/mol. The standard InChI is InChI=1S/C30H34Cl4N2O4S/c1-21-20-35(15-17-39-28-24(31)9-5-10-25(28)32)14-13-30(21,2)22-7-4-8-23(19-22)36(41(3,37)38)16-18-40-29-26(33)11-6-12-27(29)34/h4-12,19,21H,13-18,20H2,1-3H3/t21-,30-/m0/s1. The van der Waals surface area contributed by atoms with Gasteiger partial charge in [0.05, 0.1) is 38.6 Å². The summed E-state index contributed by atoms with van der Waals surface area (Å²) in [5.74, 6) is 1.16. The first-order chi connectivity index (χ1) is 19.4. The van der Waals surface area contributed by atoms with Crippen molar-refractivity contribution in [1.29, 1.82) is 0 Å². The lowest BCUT2D eigenvalue weighted by Gasteiger charge is -2.45. The Morgan fingerprint density at radius 1 is 0.902 bits per heavy atom. The maximum Gasteiger partial charge on any atom is 0.232 e. The van der Waals surface area contributed by atoms with E-state index < -0.39 is 10.0 Å². The van der Waals surface area contributed by atoms with E-state index >= 15 is 0 Å². The lowest BCUT2D eigenvalue weighted by atomic mass is 9.68. The number of likely N-dealkylation sites (tertiary alicyclic amines) is 1. The quantitative estimate of drug-likeness (QED) is 0.210. The second-order valence-electron chi connectivity index (χ2n) is 10.6. The normalized spacial score (nSPS) is 19.6. The molecule has 222 valence electrons. The number of anilines is 1. The van der Waals surface area contributed by atoms with Crippen LogP contribution in [0.3, 0.4) is 0 Å². The largest absolute Gasteiger partial charge is 0.489 e. The summed E-state index contributed by atoms with van der Waals surface area (Å²) >= 11 is 24.9. The molecule has 2 atom stereocenters. The summed E-state index contributed by atoms with van der Waals surface area (Å²) in [6, 6.07) is 18.2. The van der Waals surface area contributed by atoms with Crippen molar-refractivity contribution < 1.29 is 17.9 Å². The SMILES string of the molecule is C[C@H]1CN(CCOc2c(Cl)cccc2Cl)CC[C@]1(C)c1cccc(N(CCOc2c(Cl)cccc2Cl)S(C)(=O)=O)c1. The Morgan fingerprint density at radius 2 is 1.44 bits per heavy atom. The first-order valence-corrected chi connectivity index (χ1v) is 16.7. The molecule has 1 heterocycles. The van der Waals surface area contributed by atoms with Gasteiger partial charge in [-0.1, -0.05) is 84.5 Å². The average molecular weight is 660 g/mol. The highest BCUT2D eigenvalue weighted by Gasteiger charge is 2.38. The molecule has 0 spiro atoms. The van der Waals surface area contributed by atoms with E-state index in [0.29, 0.717) is 49.8 Å². The molecule has 1 aliphatic rings. The van der Waals surface area contributed by atoms with Gasteiger partial charge < -0.3 is 9.47 Å². The van der Waals surface area contributed by atoms with Gasteiger partial charge in [0.15, 0.2) is 11.5 Å². The third-order valence-corrected chi connectivity index (χ3v) is 10.2. The Morgan fingerprint density at radius 3 is 1.98 bits per heavy atom. The molecule has 1 fully saturated rings. The molecule has 4 rings (SSSR count). The molecule has 3 aromatic rings. The van der Waals surface area contributed by atoms with Gasteiger partial charge in [-0.2, -0.15) is 0 Å². The maximum atomic E-state index is 12.8. The molecule has 6 nitrogen and oxygen atoms in total. The minimum atomic E-state index is -3.58. The van der Waals surface area contributed by atoms with Gasteiger partial charge in [-0.05, 0) is 66.3 Å². The van der Waals surface area contributed by atoms with E-state index in [1.54, 1.807) is 36.4 Å². The lowest BCUT2D eigenvalue weighted by molar-refractivity contribution is 0.0971. The molecule has 1 aliphatic heterocycles. The first-order valence-electron chi connectivity index (χ1n) is 13.3. The van der Waals surface area contributed by atoms with Crippen molar-refractivity contribution in [2.24, 2.45) is 5.92 Å². The number of hydrogen-bond donors (Lipinski definition) is 0. The third-order valence-electron chi connectivity index (χ3n) is 7.79. The van der Waals surface area contributed by atoms with Crippen molar-refractivity contribution in [3.63, 3.8) is 0 Å². The summed E-state index contributed by atoms with van der Waals surface area (Å²) in [5, 5.41) is 1.74. The van der Waals surface area contributed by atoms with Gasteiger partial charge in [-0.15, -0.1) is 0 Å². The number of benzene rings is 3. The first kappa shape index (κ1) is 32.1. The zero-order valence-electron chi connectivity index (χ0n) is 23.2. The molecular formula is C30H34Cl4N2O4S. The second-order valence-corrected chi connectivity index (χ2v) is 14.1. The Labute approximate surface area is 263 Å². The molecule has 41 heavy (non-hydrogen) atoms. The fourth-order valence-corrected chi connectivity index (χ4v) is 7.12. The highest BCUT2D eigenvalue weighted by molar-refractivity contribution is 7.92. The van der Waals surface area contributed by atoms with Crippen LogP contribution >= 0.6 is 46.4 Å². The van der Waals surface area contributed by atoms with Crippen LogP contribution in [0.5, 0.6) is 11.5 Å². The molecule has 0 radical (unpaired) electrons. The minimum Gasteiger partial charge on any atom is -0.489 e. The van der Waals surface area contributed by atoms with E-state index in [1.165, 1.54) is 10.6 Å². The van der Waals surface area contributed by atoms with Crippen LogP contribution in [-0.4, -0.2) is 59.0 Å². The van der Waals surface area contributed by atoms with Crippen LogP contribution in [0.15, 0.2) is 60.7 Å². The van der Waals surface area contributed by atoms with Gasteiger partial charge in [0, 0.05) is 13.1 Å². The smallest absolute Gasteiger partial charge is 0.232 e. The van der Waals surface area contributed by atoms with E-state index in [-0.39, 0.29) is 18.6 Å². The van der Waals surface area contributed by atoms with Gasteiger partial charge >= 0.3 is 0 Å². The predicted octanol–water partition coefficient (Wildman–Crippen LogP) is 7.82. The molecule has 1 saturated heterocycles. The number of piperidine rings is 1. The van der Waals surface area contributed by atoms with Crippen LogP contribution in [-0.2, 0) is 15.4 Å². The zero-order chi connectivity index (χ0) is 29.8. The van der Waals surface area contributed by atoms with E-state index in [2.05, 4.69) is 24.8 Å². The van der Waals surface area contributed by atoms with Gasteiger partial charge in [-0.3, -0.25) is 9.21 Å². The summed E-state index contributed by atoms with van der Waals surface area (Å²) < 4.78 is 38.7. The fraction of sp³-hybridized carbons (Fsp3) is 0.400. The van der Waals surface area contributed by atoms with E-state index in [0.717, 1.165) is 31.6 Å². The number of rotatable bonds is 11. The fourth-order valence-electron chi connectivity index (χ4n) is 5.20. The van der Waals surface area contributed by atoms with Crippen molar-refractivity contribution in [1.82, 2.24) is 4.90 Å². The van der Waals surface area contributed by atoms with Crippen LogP contribution in [0.25, 0.3) is 0 Å². The molecule has 0 aromatic heterocycles. The molecule has 3 aromatic carbocycles. The molecule has 0 saturated carbocycles. The third kappa shape index (κ3) is 7.75. The van der Waals surface area contributed by atoms with Crippen molar-refractivity contribution in [3.05, 3.63) is 86.3 Å².